The van der Waals surface area contributed by atoms with Gasteiger partial charge in [0, 0.05) is 0 Å². The van der Waals surface area contributed by atoms with Gasteiger partial charge >= 0.3 is 0 Å². The standard InChI is InChI=1S/C9H17ClO/c1-5-6-9(10)7(11-9)8(2,3)4/h7H,5-6H2,1-4H3. The van der Waals surface area contributed by atoms with Crippen molar-refractivity contribution in [3.8, 4) is 0 Å². The molecule has 66 valence electrons. The summed E-state index contributed by atoms with van der Waals surface area (Å²) in [5.74, 6) is 0. The Morgan fingerprint density at radius 1 is 1.45 bits per heavy atom. The molecule has 0 amide bonds. The van der Waals surface area contributed by atoms with Crippen LogP contribution in [0.15, 0.2) is 0 Å². The zero-order chi connectivity index (χ0) is 8.70. The first-order valence-electron chi connectivity index (χ1n) is 4.27. The van der Waals surface area contributed by atoms with Gasteiger partial charge in [-0.25, -0.2) is 0 Å². The van der Waals surface area contributed by atoms with Gasteiger partial charge in [-0.05, 0) is 11.8 Å². The van der Waals surface area contributed by atoms with E-state index >= 15 is 0 Å². The third-order valence-electron chi connectivity index (χ3n) is 2.03. The Morgan fingerprint density at radius 3 is 2.27 bits per heavy atom. The second kappa shape index (κ2) is 2.63. The Morgan fingerprint density at radius 2 is 2.00 bits per heavy atom. The van der Waals surface area contributed by atoms with Crippen LogP contribution in [0.2, 0.25) is 0 Å². The molecular formula is C9H17ClO. The van der Waals surface area contributed by atoms with Gasteiger partial charge in [0.25, 0.3) is 0 Å². The molecule has 1 heterocycles. The summed E-state index contributed by atoms with van der Waals surface area (Å²) in [6.45, 7) is 8.62. The molecule has 0 saturated carbocycles. The van der Waals surface area contributed by atoms with Crippen molar-refractivity contribution in [2.45, 2.75) is 51.7 Å². The first-order valence-corrected chi connectivity index (χ1v) is 4.64. The molecule has 0 aliphatic carbocycles. The van der Waals surface area contributed by atoms with Gasteiger partial charge in [-0.3, -0.25) is 0 Å². The molecule has 1 rings (SSSR count). The first-order chi connectivity index (χ1) is 4.90. The minimum Gasteiger partial charge on any atom is -0.349 e. The molecule has 0 aromatic heterocycles. The van der Waals surface area contributed by atoms with Gasteiger partial charge in [0.2, 0.25) is 0 Å². The van der Waals surface area contributed by atoms with E-state index in [0.717, 1.165) is 12.8 Å². The molecule has 0 N–H and O–H groups in total. The molecular weight excluding hydrogens is 160 g/mol. The normalized spacial score (nSPS) is 37.4. The van der Waals surface area contributed by atoms with Gasteiger partial charge in [-0.15, -0.1) is 0 Å². The molecule has 0 radical (unpaired) electrons. The van der Waals surface area contributed by atoms with Crippen molar-refractivity contribution >= 4 is 11.6 Å². The summed E-state index contributed by atoms with van der Waals surface area (Å²) < 4.78 is 5.47. The van der Waals surface area contributed by atoms with Gasteiger partial charge in [0.1, 0.15) is 6.10 Å². The maximum absolute atomic E-state index is 6.17. The van der Waals surface area contributed by atoms with Crippen molar-refractivity contribution in [2.75, 3.05) is 0 Å². The van der Waals surface area contributed by atoms with Crippen LogP contribution in [-0.2, 0) is 4.74 Å². The fourth-order valence-electron chi connectivity index (χ4n) is 1.52. The van der Waals surface area contributed by atoms with Crippen molar-refractivity contribution in [2.24, 2.45) is 5.41 Å². The molecule has 0 aromatic rings. The summed E-state index contributed by atoms with van der Waals surface area (Å²) in [6.07, 6.45) is 2.31. The fourth-order valence-corrected chi connectivity index (χ4v) is 2.12. The van der Waals surface area contributed by atoms with Crippen LogP contribution >= 0.6 is 11.6 Å². The van der Waals surface area contributed by atoms with Crippen LogP contribution in [0.5, 0.6) is 0 Å². The van der Waals surface area contributed by atoms with Gasteiger partial charge in [0.05, 0.1) is 0 Å². The van der Waals surface area contributed by atoms with Crippen molar-refractivity contribution in [3.05, 3.63) is 0 Å². The minimum atomic E-state index is -0.326. The van der Waals surface area contributed by atoms with E-state index < -0.39 is 0 Å². The lowest BCUT2D eigenvalue weighted by molar-refractivity contribution is 0.256. The van der Waals surface area contributed by atoms with Crippen molar-refractivity contribution < 1.29 is 4.74 Å². The zero-order valence-corrected chi connectivity index (χ0v) is 8.53. The number of halogens is 1. The molecule has 11 heavy (non-hydrogen) atoms. The highest BCUT2D eigenvalue weighted by molar-refractivity contribution is 6.25. The third-order valence-corrected chi connectivity index (χ3v) is 2.50. The molecule has 2 atom stereocenters. The topological polar surface area (TPSA) is 12.5 Å². The van der Waals surface area contributed by atoms with E-state index in [1.54, 1.807) is 0 Å². The molecule has 1 fully saturated rings. The average molecular weight is 177 g/mol. The Balaban J connectivity index is 2.46. The average Bonchev–Trinajstić information content (AvgIpc) is 2.41. The fraction of sp³-hybridized carbons (Fsp3) is 1.00. The minimum absolute atomic E-state index is 0.191. The lowest BCUT2D eigenvalue weighted by Crippen LogP contribution is -2.20. The lowest BCUT2D eigenvalue weighted by Gasteiger charge is -2.15. The van der Waals surface area contributed by atoms with Crippen LogP contribution in [0, 0.1) is 5.41 Å². The van der Waals surface area contributed by atoms with Crippen LogP contribution in [0.3, 0.4) is 0 Å². The number of alkyl halides is 1. The predicted octanol–water partition coefficient (Wildman–Crippen LogP) is 3.17. The van der Waals surface area contributed by atoms with Crippen LogP contribution in [0.4, 0.5) is 0 Å². The summed E-state index contributed by atoms with van der Waals surface area (Å²) in [5, 5.41) is -0.326. The lowest BCUT2D eigenvalue weighted by atomic mass is 9.89. The Bertz CT molecular complexity index is 150. The first kappa shape index (κ1) is 9.34. The van der Waals surface area contributed by atoms with Gasteiger partial charge in [-0.2, -0.15) is 0 Å². The quantitative estimate of drug-likeness (QED) is 0.465. The summed E-state index contributed by atoms with van der Waals surface area (Å²) in [6, 6.07) is 0. The van der Waals surface area contributed by atoms with E-state index in [1.807, 2.05) is 0 Å². The maximum Gasteiger partial charge on any atom is 0.168 e. The maximum atomic E-state index is 6.17. The molecule has 0 aromatic carbocycles. The summed E-state index contributed by atoms with van der Waals surface area (Å²) in [7, 11) is 0. The summed E-state index contributed by atoms with van der Waals surface area (Å²) >= 11 is 6.17. The van der Waals surface area contributed by atoms with E-state index in [9.17, 15) is 0 Å². The molecule has 2 unspecified atom stereocenters. The van der Waals surface area contributed by atoms with Crippen LogP contribution in [-0.4, -0.2) is 11.2 Å². The molecule has 2 heteroatoms. The Kier molecular flexibility index (Phi) is 2.24. The smallest absolute Gasteiger partial charge is 0.168 e. The Labute approximate surface area is 74.1 Å². The van der Waals surface area contributed by atoms with Crippen molar-refractivity contribution in [1.29, 1.82) is 0 Å². The predicted molar refractivity (Wildman–Crippen MR) is 47.8 cm³/mol. The van der Waals surface area contributed by atoms with Crippen LogP contribution < -0.4 is 0 Å². The molecule has 0 bridgehead atoms. The molecule has 1 aliphatic rings. The van der Waals surface area contributed by atoms with E-state index in [4.69, 9.17) is 16.3 Å². The SMILES string of the molecule is CCCC1(Cl)OC1C(C)(C)C. The monoisotopic (exact) mass is 176 g/mol. The number of ether oxygens (including phenoxy) is 1. The van der Waals surface area contributed by atoms with Crippen molar-refractivity contribution in [1.82, 2.24) is 0 Å². The van der Waals surface area contributed by atoms with E-state index in [-0.39, 0.29) is 16.6 Å². The second-order valence-electron chi connectivity index (χ2n) is 4.40. The van der Waals surface area contributed by atoms with Gasteiger partial charge in [0.15, 0.2) is 5.06 Å². The highest BCUT2D eigenvalue weighted by atomic mass is 35.5. The largest absolute Gasteiger partial charge is 0.349 e. The van der Waals surface area contributed by atoms with Gasteiger partial charge < -0.3 is 4.74 Å². The summed E-state index contributed by atoms with van der Waals surface area (Å²) in [4.78, 5) is 0. The molecule has 1 aliphatic heterocycles. The highest BCUT2D eigenvalue weighted by Gasteiger charge is 2.59. The molecule has 1 nitrogen and oxygen atoms in total. The van der Waals surface area contributed by atoms with E-state index in [1.165, 1.54) is 0 Å². The van der Waals surface area contributed by atoms with Crippen LogP contribution in [0.25, 0.3) is 0 Å². The highest BCUT2D eigenvalue weighted by Crippen LogP contribution is 2.52. The number of rotatable bonds is 2. The third kappa shape index (κ3) is 1.88. The van der Waals surface area contributed by atoms with Crippen molar-refractivity contribution in [3.63, 3.8) is 0 Å². The van der Waals surface area contributed by atoms with E-state index in [0.29, 0.717) is 0 Å². The number of hydrogen-bond acceptors (Lipinski definition) is 1. The zero-order valence-electron chi connectivity index (χ0n) is 7.78. The second-order valence-corrected chi connectivity index (χ2v) is 5.04. The summed E-state index contributed by atoms with van der Waals surface area (Å²) in [5.41, 5.74) is 0.191. The van der Waals surface area contributed by atoms with Crippen LogP contribution in [0.1, 0.15) is 40.5 Å². The molecule has 1 saturated heterocycles. The number of epoxide rings is 1. The Hall–Kier alpha value is 0.250. The van der Waals surface area contributed by atoms with Gasteiger partial charge in [-0.1, -0.05) is 45.7 Å². The van der Waals surface area contributed by atoms with E-state index in [2.05, 4.69) is 27.7 Å². The number of hydrogen-bond donors (Lipinski definition) is 0. The molecule has 0 spiro atoms.